The van der Waals surface area contributed by atoms with Gasteiger partial charge in [0.15, 0.2) is 0 Å². The molecule has 0 aliphatic carbocycles. The molecule has 0 amide bonds. The fourth-order valence-corrected chi connectivity index (χ4v) is 2.96. The number of para-hydroxylation sites is 1. The molecule has 0 bridgehead atoms. The number of aliphatic hydroxyl groups excluding tert-OH is 1. The Kier molecular flexibility index (Phi) is 8.18. The zero-order chi connectivity index (χ0) is 18.1. The zero-order valence-corrected chi connectivity index (χ0v) is 17.5. The van der Waals surface area contributed by atoms with Crippen LogP contribution in [0.15, 0.2) is 54.6 Å². The highest BCUT2D eigenvalue weighted by Crippen LogP contribution is 2.48. The highest BCUT2D eigenvalue weighted by molar-refractivity contribution is 14.2. The second kappa shape index (κ2) is 10.1. The van der Waals surface area contributed by atoms with Gasteiger partial charge in [-0.25, -0.2) is 0 Å². The van der Waals surface area contributed by atoms with Crippen LogP contribution in [0.4, 0.5) is 0 Å². The fraction of sp³-hybridized carbons (Fsp3) is 0.368. The van der Waals surface area contributed by atoms with E-state index in [0.717, 1.165) is 23.9 Å². The van der Waals surface area contributed by atoms with E-state index in [4.69, 9.17) is 14.2 Å². The molecule has 138 valence electrons. The summed E-state index contributed by atoms with van der Waals surface area (Å²) in [6, 6.07) is 16.9. The van der Waals surface area contributed by atoms with E-state index in [1.54, 1.807) is 0 Å². The van der Waals surface area contributed by atoms with Crippen molar-refractivity contribution in [1.29, 1.82) is 0 Å². The summed E-state index contributed by atoms with van der Waals surface area (Å²) in [5.74, 6) is 3.34. The van der Waals surface area contributed by atoms with Gasteiger partial charge in [-0.2, -0.15) is 7.20 Å². The van der Waals surface area contributed by atoms with Crippen LogP contribution in [0, 0.1) is 0 Å². The molecule has 0 fully saturated rings. The molecule has 0 spiro atoms. The van der Waals surface area contributed by atoms with Crippen LogP contribution in [-0.4, -0.2) is 49.3 Å². The van der Waals surface area contributed by atoms with Gasteiger partial charge in [-0.15, -0.1) is 0 Å². The van der Waals surface area contributed by atoms with Crippen LogP contribution in [0.5, 0.6) is 17.2 Å². The first-order valence-electron chi connectivity index (χ1n) is 8.04. The minimum atomic E-state index is -0.690. The van der Waals surface area contributed by atoms with Crippen LogP contribution in [0.1, 0.15) is 0 Å². The van der Waals surface area contributed by atoms with Gasteiger partial charge >= 0.3 is 0 Å². The Bertz CT molecular complexity index is 614. The van der Waals surface area contributed by atoms with Crippen molar-refractivity contribution in [3.63, 3.8) is 0 Å². The number of ether oxygens (including phenoxy) is 3. The maximum absolute atomic E-state index is 9.95. The van der Waals surface area contributed by atoms with Gasteiger partial charge in [0, 0.05) is 5.75 Å². The second-order valence-corrected chi connectivity index (χ2v) is 16.4. The molecule has 2 rings (SSSR count). The van der Waals surface area contributed by atoms with Crippen molar-refractivity contribution >= 4 is 28.4 Å². The SMILES string of the molecule is CS(C)(I)CCOc1ccc(OCC(O)COc2ccccc2)cc1. The molecule has 0 saturated carbocycles. The van der Waals surface area contributed by atoms with Gasteiger partial charge in [-0.05, 0) is 70.1 Å². The Morgan fingerprint density at radius 1 is 0.840 bits per heavy atom. The molecule has 0 aliphatic heterocycles. The summed E-state index contributed by atoms with van der Waals surface area (Å²) in [6.07, 6.45) is 3.84. The first-order chi connectivity index (χ1) is 11.9. The quantitative estimate of drug-likeness (QED) is 0.520. The van der Waals surface area contributed by atoms with Crippen LogP contribution in [0.3, 0.4) is 0 Å². The van der Waals surface area contributed by atoms with E-state index in [2.05, 4.69) is 33.7 Å². The molecule has 4 nitrogen and oxygen atoms in total. The molecule has 1 unspecified atom stereocenters. The Balaban J connectivity index is 1.68. The Hall–Kier alpha value is -1.12. The normalized spacial score (nSPS) is 13.1. The molecule has 0 heterocycles. The Morgan fingerprint density at radius 2 is 1.32 bits per heavy atom. The predicted molar refractivity (Wildman–Crippen MR) is 114 cm³/mol. The monoisotopic (exact) mass is 476 g/mol. The molecule has 0 aromatic heterocycles. The summed E-state index contributed by atoms with van der Waals surface area (Å²) in [7, 11) is -0.566. The lowest BCUT2D eigenvalue weighted by molar-refractivity contribution is 0.0626. The van der Waals surface area contributed by atoms with Gasteiger partial charge in [-0.3, -0.25) is 0 Å². The number of hydrogen-bond acceptors (Lipinski definition) is 4. The number of rotatable bonds is 10. The van der Waals surface area contributed by atoms with Gasteiger partial charge in [0.25, 0.3) is 0 Å². The van der Waals surface area contributed by atoms with E-state index in [1.807, 2.05) is 54.6 Å². The van der Waals surface area contributed by atoms with Crippen molar-refractivity contribution in [2.45, 2.75) is 6.10 Å². The van der Waals surface area contributed by atoms with Crippen LogP contribution in [0.25, 0.3) is 0 Å². The summed E-state index contributed by atoms with van der Waals surface area (Å²) in [5.41, 5.74) is 0. The van der Waals surface area contributed by atoms with E-state index >= 15 is 0 Å². The van der Waals surface area contributed by atoms with Crippen molar-refractivity contribution in [1.82, 2.24) is 0 Å². The topological polar surface area (TPSA) is 47.9 Å². The van der Waals surface area contributed by atoms with Gasteiger partial charge in [0.05, 0.1) is 6.61 Å². The number of halogens is 1. The third kappa shape index (κ3) is 8.69. The molecule has 1 N–H and O–H groups in total. The van der Waals surface area contributed by atoms with Gasteiger partial charge in [0.2, 0.25) is 0 Å². The lowest BCUT2D eigenvalue weighted by atomic mass is 10.3. The third-order valence-electron chi connectivity index (χ3n) is 3.29. The molecule has 0 saturated heterocycles. The van der Waals surface area contributed by atoms with Crippen molar-refractivity contribution < 1.29 is 19.3 Å². The van der Waals surface area contributed by atoms with Crippen LogP contribution < -0.4 is 14.2 Å². The molecule has 2 aromatic carbocycles. The van der Waals surface area contributed by atoms with Gasteiger partial charge in [0.1, 0.15) is 36.6 Å². The summed E-state index contributed by atoms with van der Waals surface area (Å²) in [5, 5.41) is 9.95. The summed E-state index contributed by atoms with van der Waals surface area (Å²) >= 11 is 2.50. The molecular weight excluding hydrogens is 451 g/mol. The summed E-state index contributed by atoms with van der Waals surface area (Å²) in [4.78, 5) is 0. The summed E-state index contributed by atoms with van der Waals surface area (Å²) < 4.78 is 16.8. The van der Waals surface area contributed by atoms with Crippen LogP contribution in [0.2, 0.25) is 0 Å². The van der Waals surface area contributed by atoms with Crippen LogP contribution in [-0.2, 0) is 0 Å². The first kappa shape index (κ1) is 20.2. The smallest absolute Gasteiger partial charge is 0.122 e. The van der Waals surface area contributed by atoms with Crippen LogP contribution >= 0.6 is 28.4 Å². The highest BCUT2D eigenvalue weighted by Gasteiger charge is 2.08. The maximum atomic E-state index is 9.95. The standard InChI is InChI=1S/C19H25IO4S/c1-25(2,20)13-12-22-18-8-10-19(11-9-18)24-15-16(21)14-23-17-6-4-3-5-7-17/h3-11,16,21H,12-15H2,1-2H3. The van der Waals surface area contributed by atoms with Gasteiger partial charge < -0.3 is 19.3 Å². The number of benzene rings is 2. The maximum Gasteiger partial charge on any atom is 0.122 e. The van der Waals surface area contributed by atoms with E-state index in [-0.39, 0.29) is 13.2 Å². The molecule has 2 aromatic rings. The van der Waals surface area contributed by atoms with E-state index < -0.39 is 13.3 Å². The average Bonchev–Trinajstić information content (AvgIpc) is 2.59. The third-order valence-corrected chi connectivity index (χ3v) is 5.75. The second-order valence-electron chi connectivity index (χ2n) is 6.02. The minimum Gasteiger partial charge on any atom is -0.493 e. The lowest BCUT2D eigenvalue weighted by Gasteiger charge is -2.22. The first-order valence-corrected chi connectivity index (χ1v) is 13.2. The van der Waals surface area contributed by atoms with Crippen molar-refractivity contribution in [3.8, 4) is 17.2 Å². The lowest BCUT2D eigenvalue weighted by Crippen LogP contribution is -2.25. The highest BCUT2D eigenvalue weighted by atomic mass is 127. The molecule has 1 atom stereocenters. The number of aliphatic hydroxyl groups is 1. The van der Waals surface area contributed by atoms with Crippen molar-refractivity contribution in [2.24, 2.45) is 0 Å². The van der Waals surface area contributed by atoms with E-state index in [0.29, 0.717) is 5.75 Å². The molecular formula is C19H25IO4S. The van der Waals surface area contributed by atoms with Gasteiger partial charge in [-0.1, -0.05) is 18.2 Å². The van der Waals surface area contributed by atoms with E-state index in [1.165, 1.54) is 0 Å². The molecule has 0 radical (unpaired) electrons. The average molecular weight is 476 g/mol. The number of hydrogen-bond donors (Lipinski definition) is 1. The van der Waals surface area contributed by atoms with Crippen molar-refractivity contribution in [2.75, 3.05) is 38.1 Å². The molecule has 25 heavy (non-hydrogen) atoms. The predicted octanol–water partition coefficient (Wildman–Crippen LogP) is 4.30. The van der Waals surface area contributed by atoms with E-state index in [9.17, 15) is 5.11 Å². The van der Waals surface area contributed by atoms with Crippen molar-refractivity contribution in [3.05, 3.63) is 54.6 Å². The minimum absolute atomic E-state index is 0.180. The molecule has 0 aliphatic rings. The zero-order valence-electron chi connectivity index (χ0n) is 14.6. The molecule has 6 heteroatoms. The Morgan fingerprint density at radius 3 is 1.84 bits per heavy atom. The Labute approximate surface area is 163 Å². The fourth-order valence-electron chi connectivity index (χ4n) is 1.94. The summed E-state index contributed by atoms with van der Waals surface area (Å²) in [6.45, 7) is 1.10. The largest absolute Gasteiger partial charge is 0.493 e.